The van der Waals surface area contributed by atoms with Gasteiger partial charge in [-0.1, -0.05) is 269 Å². The van der Waals surface area contributed by atoms with Crippen molar-refractivity contribution in [3.05, 3.63) is 146 Å². The van der Waals surface area contributed by atoms with Crippen LogP contribution in [0.3, 0.4) is 0 Å². The average Bonchev–Trinajstić information content (AvgIpc) is 3.46. The van der Waals surface area contributed by atoms with E-state index in [9.17, 15) is 19.0 Å². The van der Waals surface area contributed by atoms with Crippen LogP contribution < -0.4 is 5.73 Å². The first-order chi connectivity index (χ1) is 39.8. The van der Waals surface area contributed by atoms with Gasteiger partial charge in [0.1, 0.15) is 6.61 Å². The highest BCUT2D eigenvalue weighted by Gasteiger charge is 2.26. The molecule has 10 heteroatoms. The Labute approximate surface area is 496 Å². The average molecular weight is 1140 g/mol. The highest BCUT2D eigenvalue weighted by Crippen LogP contribution is 2.43. The zero-order valence-corrected chi connectivity index (χ0v) is 52.4. The number of carbonyl (C=O) groups excluding carboxylic acids is 2. The van der Waals surface area contributed by atoms with Crippen LogP contribution in [0.5, 0.6) is 0 Å². The van der Waals surface area contributed by atoms with Crippen LogP contribution in [0.15, 0.2) is 146 Å². The highest BCUT2D eigenvalue weighted by molar-refractivity contribution is 7.47. The topological polar surface area (TPSA) is 134 Å². The summed E-state index contributed by atoms with van der Waals surface area (Å²) in [5.41, 5.74) is 5.39. The van der Waals surface area contributed by atoms with Crippen LogP contribution in [0.2, 0.25) is 0 Å². The number of allylic oxidation sites excluding steroid dienone is 24. The van der Waals surface area contributed by atoms with Gasteiger partial charge in [0.05, 0.1) is 13.2 Å². The summed E-state index contributed by atoms with van der Waals surface area (Å²) in [6.45, 7) is 3.59. The Bertz CT molecular complexity index is 1830. The molecule has 2 unspecified atom stereocenters. The molecule has 0 saturated heterocycles. The highest BCUT2D eigenvalue weighted by atomic mass is 31.2. The van der Waals surface area contributed by atoms with Crippen LogP contribution in [0, 0.1) is 0 Å². The Morgan fingerprint density at radius 3 is 1.01 bits per heavy atom. The lowest BCUT2D eigenvalue weighted by Crippen LogP contribution is -2.29. The molecule has 0 fully saturated rings. The third-order valence-electron chi connectivity index (χ3n) is 13.2. The zero-order valence-electron chi connectivity index (χ0n) is 51.5. The maximum Gasteiger partial charge on any atom is 0.472 e. The molecular weight excluding hydrogens is 1030 g/mol. The number of phosphoric acid groups is 1. The van der Waals surface area contributed by atoms with Crippen LogP contribution in [0.25, 0.3) is 0 Å². The van der Waals surface area contributed by atoms with E-state index in [4.69, 9.17) is 24.3 Å². The van der Waals surface area contributed by atoms with Crippen LogP contribution in [-0.4, -0.2) is 49.3 Å². The Balaban J connectivity index is 4.04. The Hall–Kier alpha value is -4.11. The molecule has 0 aromatic rings. The first-order valence-electron chi connectivity index (χ1n) is 32.3. The zero-order chi connectivity index (χ0) is 58.7. The fraction of sp³-hybridized carbons (Fsp3) is 0.634. The van der Waals surface area contributed by atoms with E-state index >= 15 is 0 Å². The molecule has 0 saturated carbocycles. The van der Waals surface area contributed by atoms with Gasteiger partial charge in [-0.25, -0.2) is 4.57 Å². The number of unbranched alkanes of at least 4 members (excludes halogenated alkanes) is 22. The maximum atomic E-state index is 12.7. The van der Waals surface area contributed by atoms with Crippen molar-refractivity contribution in [3.8, 4) is 0 Å². The fourth-order valence-electron chi connectivity index (χ4n) is 8.46. The number of carbonyl (C=O) groups is 2. The largest absolute Gasteiger partial charge is 0.472 e. The molecule has 0 amide bonds. The molecule has 0 aromatic heterocycles. The van der Waals surface area contributed by atoms with Gasteiger partial charge >= 0.3 is 19.8 Å². The van der Waals surface area contributed by atoms with Gasteiger partial charge in [0.2, 0.25) is 0 Å². The Morgan fingerprint density at radius 1 is 0.383 bits per heavy atom. The number of phosphoric ester groups is 1. The lowest BCUT2D eigenvalue weighted by Gasteiger charge is -2.19. The van der Waals surface area contributed by atoms with Gasteiger partial charge in [-0.3, -0.25) is 18.6 Å². The summed E-state index contributed by atoms with van der Waals surface area (Å²) in [5, 5.41) is 0. The molecular formula is C71H118NO8P. The summed E-state index contributed by atoms with van der Waals surface area (Å²) in [4.78, 5) is 35.3. The molecule has 0 bridgehead atoms. The minimum absolute atomic E-state index is 0.0421. The summed E-state index contributed by atoms with van der Waals surface area (Å²) in [7, 11) is -4.41. The molecule has 0 aliphatic heterocycles. The van der Waals surface area contributed by atoms with E-state index in [1.807, 2.05) is 0 Å². The monoisotopic (exact) mass is 1140 g/mol. The second-order valence-electron chi connectivity index (χ2n) is 20.9. The second kappa shape index (κ2) is 65.0. The van der Waals surface area contributed by atoms with E-state index in [0.717, 1.165) is 128 Å². The standard InChI is InChI=1S/C71H118NO8P/c1-3-5-7-9-11-13-15-17-19-21-23-25-27-29-31-32-33-34-35-36-38-40-42-44-46-48-50-52-54-56-58-60-62-64-71(74)80-69(68-79-81(75,76)78-66-65-72)67-77-70(73)63-61-59-57-55-53-51-49-47-45-43-41-39-37-30-28-26-24-22-20-18-16-14-12-10-8-6-4-2/h5,7,11,13,16-19,22-25,28-31,33-34,36,38,42,44,48,50,69H,3-4,6,8-10,12,14-15,20-21,26-27,32,35,37,39-41,43,45-47,49,51-68,72H2,1-2H3,(H,75,76)/b7-5-,13-11-,18-16-,19-17-,24-22-,25-23-,30-28-,31-29-,34-33-,38-36-,44-42-,50-48-. The maximum absolute atomic E-state index is 12.7. The van der Waals surface area contributed by atoms with E-state index in [1.54, 1.807) is 0 Å². The number of rotatable bonds is 59. The molecule has 460 valence electrons. The van der Waals surface area contributed by atoms with Crippen molar-refractivity contribution < 1.29 is 37.6 Å². The van der Waals surface area contributed by atoms with E-state index in [2.05, 4.69) is 160 Å². The van der Waals surface area contributed by atoms with E-state index in [-0.39, 0.29) is 32.6 Å². The van der Waals surface area contributed by atoms with Gasteiger partial charge in [0.15, 0.2) is 6.10 Å². The van der Waals surface area contributed by atoms with Gasteiger partial charge in [0, 0.05) is 19.4 Å². The van der Waals surface area contributed by atoms with Crippen molar-refractivity contribution in [2.75, 3.05) is 26.4 Å². The molecule has 0 radical (unpaired) electrons. The SMILES string of the molecule is CC/C=C\C/C=C\C/C=C\C/C=C\C/C=C\C/C=C\C/C=C\C/C=C\C/C=C\CCCCCCCC(=O)OC(COC(=O)CCCCCCCCCCCCCC/C=C\C/C=C\C/C=C\CCCCCCC)COP(=O)(O)OCCN. The molecule has 9 nitrogen and oxygen atoms in total. The molecule has 0 spiro atoms. The van der Waals surface area contributed by atoms with Crippen molar-refractivity contribution >= 4 is 19.8 Å². The number of hydrogen-bond donors (Lipinski definition) is 2. The quantitative estimate of drug-likeness (QED) is 0.0264. The van der Waals surface area contributed by atoms with Gasteiger partial charge in [-0.2, -0.15) is 0 Å². The molecule has 0 rings (SSSR count). The first-order valence-corrected chi connectivity index (χ1v) is 33.8. The molecule has 0 aromatic carbocycles. The molecule has 81 heavy (non-hydrogen) atoms. The summed E-state index contributed by atoms with van der Waals surface area (Å²) in [6.07, 6.45) is 93.4. The fourth-order valence-corrected chi connectivity index (χ4v) is 9.22. The third kappa shape index (κ3) is 64.9. The molecule has 2 atom stereocenters. The first kappa shape index (κ1) is 76.9. The lowest BCUT2D eigenvalue weighted by molar-refractivity contribution is -0.161. The van der Waals surface area contributed by atoms with Crippen LogP contribution in [0.1, 0.15) is 258 Å². The van der Waals surface area contributed by atoms with Gasteiger partial charge in [-0.15, -0.1) is 0 Å². The summed E-state index contributed by atoms with van der Waals surface area (Å²) in [6, 6.07) is 0. The third-order valence-corrected chi connectivity index (χ3v) is 14.2. The van der Waals surface area contributed by atoms with Crippen molar-refractivity contribution in [2.45, 2.75) is 264 Å². The van der Waals surface area contributed by atoms with Crippen molar-refractivity contribution in [1.82, 2.24) is 0 Å². The van der Waals surface area contributed by atoms with Gasteiger partial charge < -0.3 is 20.1 Å². The Kier molecular flexibility index (Phi) is 61.7. The molecule has 0 aliphatic rings. The predicted molar refractivity (Wildman–Crippen MR) is 348 cm³/mol. The Morgan fingerprint density at radius 2 is 0.679 bits per heavy atom. The van der Waals surface area contributed by atoms with Crippen molar-refractivity contribution in [1.29, 1.82) is 0 Å². The second-order valence-corrected chi connectivity index (χ2v) is 22.3. The molecule has 0 aliphatic carbocycles. The van der Waals surface area contributed by atoms with Crippen molar-refractivity contribution in [3.63, 3.8) is 0 Å². The lowest BCUT2D eigenvalue weighted by atomic mass is 10.0. The number of hydrogen-bond acceptors (Lipinski definition) is 8. The normalized spacial score (nSPS) is 14.0. The van der Waals surface area contributed by atoms with E-state index in [0.29, 0.717) is 6.42 Å². The van der Waals surface area contributed by atoms with Crippen molar-refractivity contribution in [2.24, 2.45) is 5.73 Å². The van der Waals surface area contributed by atoms with E-state index < -0.39 is 32.5 Å². The number of nitrogens with two attached hydrogens (primary N) is 1. The van der Waals surface area contributed by atoms with Crippen LogP contribution in [0.4, 0.5) is 0 Å². The van der Waals surface area contributed by atoms with E-state index in [1.165, 1.54) is 96.3 Å². The number of ether oxygens (including phenoxy) is 2. The smallest absolute Gasteiger partial charge is 0.462 e. The predicted octanol–water partition coefficient (Wildman–Crippen LogP) is 21.1. The summed E-state index contributed by atoms with van der Waals surface area (Å²) in [5.74, 6) is -0.859. The van der Waals surface area contributed by atoms with Crippen LogP contribution in [-0.2, 0) is 32.7 Å². The number of esters is 2. The minimum atomic E-state index is -4.41. The molecule has 3 N–H and O–H groups in total. The van der Waals surface area contributed by atoms with Crippen LogP contribution >= 0.6 is 7.82 Å². The molecule has 0 heterocycles. The summed E-state index contributed by atoms with van der Waals surface area (Å²) < 4.78 is 33.1. The minimum Gasteiger partial charge on any atom is -0.462 e. The van der Waals surface area contributed by atoms with Gasteiger partial charge in [-0.05, 0) is 122 Å². The summed E-state index contributed by atoms with van der Waals surface area (Å²) >= 11 is 0. The van der Waals surface area contributed by atoms with Gasteiger partial charge in [0.25, 0.3) is 0 Å².